The molecule has 1 spiro atoms. The Labute approximate surface area is 106 Å². The Balaban J connectivity index is 2.01. The first-order valence-corrected chi connectivity index (χ1v) is 6.25. The van der Waals surface area contributed by atoms with Crippen molar-refractivity contribution in [3.05, 3.63) is 29.3 Å². The van der Waals surface area contributed by atoms with E-state index >= 15 is 0 Å². The molecule has 4 heteroatoms. The summed E-state index contributed by atoms with van der Waals surface area (Å²) in [5.41, 5.74) is 1.30. The molecular weight excluding hydrogens is 230 g/mol. The molecule has 0 saturated carbocycles. The van der Waals surface area contributed by atoms with Crippen LogP contribution in [-0.2, 0) is 10.3 Å². The Kier molecular flexibility index (Phi) is 2.55. The number of rotatable bonds is 1. The lowest BCUT2D eigenvalue weighted by Crippen LogP contribution is -2.40. The van der Waals surface area contributed by atoms with Gasteiger partial charge < -0.3 is 14.4 Å². The molecule has 0 amide bonds. The highest BCUT2D eigenvalue weighted by Gasteiger charge is 2.46. The smallest absolute Gasteiger partial charge is 0.339 e. The highest BCUT2D eigenvalue weighted by molar-refractivity contribution is 5.95. The summed E-state index contributed by atoms with van der Waals surface area (Å²) in [6, 6.07) is 5.66. The number of hydrogen-bond donors (Lipinski definition) is 0. The molecule has 0 aliphatic carbocycles. The number of fused-ring (bicyclic) bond motifs is 2. The van der Waals surface area contributed by atoms with E-state index in [-0.39, 0.29) is 5.97 Å². The molecule has 0 unspecified atom stereocenters. The second-order valence-corrected chi connectivity index (χ2v) is 5.10. The van der Waals surface area contributed by atoms with Crippen molar-refractivity contribution in [2.75, 3.05) is 27.2 Å². The van der Waals surface area contributed by atoms with Crippen molar-refractivity contribution in [1.82, 2.24) is 4.90 Å². The van der Waals surface area contributed by atoms with E-state index in [0.717, 1.165) is 31.5 Å². The molecular formula is C14H17NO3. The summed E-state index contributed by atoms with van der Waals surface area (Å²) >= 11 is 0. The maximum absolute atomic E-state index is 12.0. The topological polar surface area (TPSA) is 38.8 Å². The lowest BCUT2D eigenvalue weighted by molar-refractivity contribution is -0.0394. The normalized spacial score (nSPS) is 21.8. The monoisotopic (exact) mass is 247 g/mol. The van der Waals surface area contributed by atoms with Gasteiger partial charge in [-0.1, -0.05) is 6.07 Å². The zero-order chi connectivity index (χ0) is 12.8. The fraction of sp³-hybridized carbons (Fsp3) is 0.500. The van der Waals surface area contributed by atoms with Gasteiger partial charge in [0.25, 0.3) is 0 Å². The third-order valence-electron chi connectivity index (χ3n) is 4.02. The number of nitrogens with zero attached hydrogens (tertiary/aromatic N) is 1. The van der Waals surface area contributed by atoms with E-state index in [0.29, 0.717) is 11.3 Å². The molecule has 2 aliphatic rings. The largest absolute Gasteiger partial charge is 0.497 e. The minimum atomic E-state index is -0.398. The molecule has 3 rings (SSSR count). The molecule has 0 aromatic heterocycles. The van der Waals surface area contributed by atoms with E-state index in [1.54, 1.807) is 13.2 Å². The van der Waals surface area contributed by atoms with Crippen LogP contribution in [0.25, 0.3) is 0 Å². The van der Waals surface area contributed by atoms with Gasteiger partial charge in [-0.2, -0.15) is 0 Å². The number of carbonyl (C=O) groups is 1. The zero-order valence-corrected chi connectivity index (χ0v) is 10.7. The summed E-state index contributed by atoms with van der Waals surface area (Å²) < 4.78 is 10.9. The molecule has 0 radical (unpaired) electrons. The number of hydrogen-bond acceptors (Lipinski definition) is 4. The van der Waals surface area contributed by atoms with E-state index in [1.807, 2.05) is 12.1 Å². The summed E-state index contributed by atoms with van der Waals surface area (Å²) in [5, 5.41) is 0. The molecule has 0 bridgehead atoms. The second kappa shape index (κ2) is 3.99. The van der Waals surface area contributed by atoms with Crippen molar-refractivity contribution in [3.8, 4) is 5.75 Å². The average Bonchev–Trinajstić information content (AvgIpc) is 2.66. The minimum Gasteiger partial charge on any atom is -0.497 e. The van der Waals surface area contributed by atoms with Crippen molar-refractivity contribution in [2.45, 2.75) is 18.4 Å². The third kappa shape index (κ3) is 1.60. The summed E-state index contributed by atoms with van der Waals surface area (Å²) in [4.78, 5) is 14.3. The van der Waals surface area contributed by atoms with E-state index in [2.05, 4.69) is 11.9 Å². The lowest BCUT2D eigenvalue weighted by Gasteiger charge is -2.36. The van der Waals surface area contributed by atoms with Crippen LogP contribution in [0.1, 0.15) is 28.8 Å². The molecule has 1 aromatic rings. The maximum atomic E-state index is 12.0. The van der Waals surface area contributed by atoms with Crippen LogP contribution in [0.5, 0.6) is 5.75 Å². The predicted molar refractivity (Wildman–Crippen MR) is 66.8 cm³/mol. The number of esters is 1. The second-order valence-electron chi connectivity index (χ2n) is 5.10. The van der Waals surface area contributed by atoms with Gasteiger partial charge in [0.05, 0.1) is 12.7 Å². The Hall–Kier alpha value is -1.55. The molecule has 1 aromatic carbocycles. The third-order valence-corrected chi connectivity index (χ3v) is 4.02. The SMILES string of the molecule is COc1ccc2c(c1)C(=O)OC21CCN(C)CC1. The Bertz CT molecular complexity index is 490. The van der Waals surface area contributed by atoms with E-state index in [1.165, 1.54) is 0 Å². The van der Waals surface area contributed by atoms with Crippen LogP contribution in [0, 0.1) is 0 Å². The van der Waals surface area contributed by atoms with E-state index < -0.39 is 5.60 Å². The van der Waals surface area contributed by atoms with Crippen molar-refractivity contribution in [2.24, 2.45) is 0 Å². The standard InChI is InChI=1S/C14H17NO3/c1-15-7-5-14(6-8-15)12-4-3-10(17-2)9-11(12)13(16)18-14/h3-4,9H,5-8H2,1-2H3. The van der Waals surface area contributed by atoms with Crippen LogP contribution in [0.3, 0.4) is 0 Å². The van der Waals surface area contributed by atoms with E-state index in [4.69, 9.17) is 9.47 Å². The highest BCUT2D eigenvalue weighted by Crippen LogP contribution is 2.44. The van der Waals surface area contributed by atoms with Crippen LogP contribution in [-0.4, -0.2) is 38.1 Å². The number of methoxy groups -OCH3 is 1. The predicted octanol–water partition coefficient (Wildman–Crippen LogP) is 1.79. The number of carbonyl (C=O) groups excluding carboxylic acids is 1. The molecule has 4 nitrogen and oxygen atoms in total. The van der Waals surface area contributed by atoms with Crippen molar-refractivity contribution in [3.63, 3.8) is 0 Å². The molecule has 1 fully saturated rings. The summed E-state index contributed by atoms with van der Waals surface area (Å²) in [6.07, 6.45) is 1.74. The van der Waals surface area contributed by atoms with Gasteiger partial charge in [0, 0.05) is 31.5 Å². The van der Waals surface area contributed by atoms with Gasteiger partial charge in [0.1, 0.15) is 11.4 Å². The van der Waals surface area contributed by atoms with Crippen LogP contribution in [0.15, 0.2) is 18.2 Å². The van der Waals surface area contributed by atoms with Gasteiger partial charge in [-0.05, 0) is 19.2 Å². The number of benzene rings is 1. The Morgan fingerprint density at radius 2 is 2.06 bits per heavy atom. The summed E-state index contributed by atoms with van der Waals surface area (Å²) in [7, 11) is 3.70. The Morgan fingerprint density at radius 3 is 2.72 bits per heavy atom. The molecule has 18 heavy (non-hydrogen) atoms. The van der Waals surface area contributed by atoms with Gasteiger partial charge in [0.15, 0.2) is 0 Å². The quantitative estimate of drug-likeness (QED) is 0.709. The van der Waals surface area contributed by atoms with Gasteiger partial charge in [0.2, 0.25) is 0 Å². The maximum Gasteiger partial charge on any atom is 0.339 e. The highest BCUT2D eigenvalue weighted by atomic mass is 16.6. The minimum absolute atomic E-state index is 0.214. The Morgan fingerprint density at radius 1 is 1.33 bits per heavy atom. The zero-order valence-electron chi connectivity index (χ0n) is 10.7. The summed E-state index contributed by atoms with van der Waals surface area (Å²) in [5.74, 6) is 0.490. The molecule has 2 aliphatic heterocycles. The lowest BCUT2D eigenvalue weighted by atomic mass is 9.84. The van der Waals surface area contributed by atoms with Crippen LogP contribution >= 0.6 is 0 Å². The molecule has 0 atom stereocenters. The van der Waals surface area contributed by atoms with Gasteiger partial charge in [-0.25, -0.2) is 4.79 Å². The number of likely N-dealkylation sites (tertiary alicyclic amines) is 1. The first-order valence-electron chi connectivity index (χ1n) is 6.25. The summed E-state index contributed by atoms with van der Waals surface area (Å²) in [6.45, 7) is 1.91. The van der Waals surface area contributed by atoms with Crippen molar-refractivity contribution < 1.29 is 14.3 Å². The average molecular weight is 247 g/mol. The number of piperidine rings is 1. The fourth-order valence-corrected chi connectivity index (χ4v) is 2.86. The van der Waals surface area contributed by atoms with Crippen LogP contribution in [0.2, 0.25) is 0 Å². The first-order chi connectivity index (χ1) is 8.64. The van der Waals surface area contributed by atoms with Gasteiger partial charge >= 0.3 is 5.97 Å². The number of ether oxygens (including phenoxy) is 2. The van der Waals surface area contributed by atoms with Gasteiger partial charge in [-0.15, -0.1) is 0 Å². The van der Waals surface area contributed by atoms with Crippen LogP contribution in [0.4, 0.5) is 0 Å². The fourth-order valence-electron chi connectivity index (χ4n) is 2.86. The molecule has 0 N–H and O–H groups in total. The van der Waals surface area contributed by atoms with Crippen molar-refractivity contribution >= 4 is 5.97 Å². The van der Waals surface area contributed by atoms with Gasteiger partial charge in [-0.3, -0.25) is 0 Å². The molecule has 2 heterocycles. The van der Waals surface area contributed by atoms with Crippen LogP contribution < -0.4 is 4.74 Å². The van der Waals surface area contributed by atoms with Crippen molar-refractivity contribution in [1.29, 1.82) is 0 Å². The molecule has 96 valence electrons. The van der Waals surface area contributed by atoms with E-state index in [9.17, 15) is 4.79 Å². The first kappa shape index (κ1) is 11.5. The molecule has 1 saturated heterocycles.